The van der Waals surface area contributed by atoms with Crippen molar-refractivity contribution in [2.24, 2.45) is 10.7 Å². The van der Waals surface area contributed by atoms with Crippen LogP contribution < -0.4 is 5.73 Å². The standard InChI is InChI=1S/C14H19N3O.HI/c15-14(17-5-7-18-8-6-17)16-10-12-9-11-3-1-2-4-13(11)12;/h1-4,12H,5-10H2,(H2,15,16);1H. The molecule has 1 aliphatic heterocycles. The highest BCUT2D eigenvalue weighted by Crippen LogP contribution is 2.34. The number of nitrogens with two attached hydrogens (primary N) is 1. The summed E-state index contributed by atoms with van der Waals surface area (Å²) in [5, 5.41) is 0. The molecule has 0 saturated carbocycles. The summed E-state index contributed by atoms with van der Waals surface area (Å²) in [6.45, 7) is 4.03. The van der Waals surface area contributed by atoms with Gasteiger partial charge >= 0.3 is 0 Å². The Morgan fingerprint density at radius 2 is 2.05 bits per heavy atom. The van der Waals surface area contributed by atoms with Gasteiger partial charge < -0.3 is 15.4 Å². The molecule has 5 heteroatoms. The highest BCUT2D eigenvalue weighted by atomic mass is 127. The molecular formula is C14H20IN3O. The molecule has 1 heterocycles. The van der Waals surface area contributed by atoms with Crippen LogP contribution >= 0.6 is 24.0 Å². The van der Waals surface area contributed by atoms with Crippen molar-refractivity contribution in [2.75, 3.05) is 32.8 Å². The number of aliphatic imine (C=N–C) groups is 1. The Hall–Kier alpha value is -0.820. The Morgan fingerprint density at radius 1 is 1.32 bits per heavy atom. The molecule has 1 atom stereocenters. The van der Waals surface area contributed by atoms with Gasteiger partial charge in [0, 0.05) is 25.6 Å². The van der Waals surface area contributed by atoms with Crippen LogP contribution in [0.15, 0.2) is 29.3 Å². The highest BCUT2D eigenvalue weighted by Gasteiger charge is 2.25. The maximum atomic E-state index is 6.02. The number of halogens is 1. The van der Waals surface area contributed by atoms with Crippen LogP contribution in [-0.2, 0) is 11.2 Å². The SMILES string of the molecule is I.NC(=NCC1Cc2ccccc21)N1CCOCC1. The van der Waals surface area contributed by atoms with E-state index in [1.807, 2.05) is 0 Å². The number of hydrogen-bond donors (Lipinski definition) is 1. The molecule has 1 aliphatic carbocycles. The number of ether oxygens (including phenoxy) is 1. The maximum absolute atomic E-state index is 6.02. The summed E-state index contributed by atoms with van der Waals surface area (Å²) in [6, 6.07) is 8.59. The van der Waals surface area contributed by atoms with E-state index in [1.165, 1.54) is 11.1 Å². The van der Waals surface area contributed by atoms with Crippen molar-refractivity contribution in [3.05, 3.63) is 35.4 Å². The Kier molecular flexibility index (Phi) is 5.04. The minimum atomic E-state index is 0. The first kappa shape index (κ1) is 14.6. The van der Waals surface area contributed by atoms with Crippen LogP contribution in [-0.4, -0.2) is 43.7 Å². The van der Waals surface area contributed by atoms with Gasteiger partial charge in [0.15, 0.2) is 5.96 Å². The zero-order valence-electron chi connectivity index (χ0n) is 10.9. The largest absolute Gasteiger partial charge is 0.378 e. The molecule has 0 spiro atoms. The summed E-state index contributed by atoms with van der Waals surface area (Å²) in [5.74, 6) is 1.23. The lowest BCUT2D eigenvalue weighted by molar-refractivity contribution is 0.0674. The first-order valence-corrected chi connectivity index (χ1v) is 6.55. The van der Waals surface area contributed by atoms with Gasteiger partial charge in [-0.2, -0.15) is 0 Å². The molecule has 19 heavy (non-hydrogen) atoms. The van der Waals surface area contributed by atoms with Gasteiger partial charge in [-0.1, -0.05) is 24.3 Å². The van der Waals surface area contributed by atoms with Gasteiger partial charge in [-0.15, -0.1) is 24.0 Å². The number of nitrogens with zero attached hydrogens (tertiary/aromatic N) is 2. The third-order valence-electron chi connectivity index (χ3n) is 3.77. The molecule has 1 fully saturated rings. The van der Waals surface area contributed by atoms with E-state index in [4.69, 9.17) is 10.5 Å². The van der Waals surface area contributed by atoms with Crippen LogP contribution in [0, 0.1) is 0 Å². The monoisotopic (exact) mass is 373 g/mol. The minimum Gasteiger partial charge on any atom is -0.378 e. The summed E-state index contributed by atoms with van der Waals surface area (Å²) in [5.41, 5.74) is 8.92. The number of benzene rings is 1. The Labute approximate surface area is 131 Å². The third-order valence-corrected chi connectivity index (χ3v) is 3.77. The van der Waals surface area contributed by atoms with Gasteiger partial charge in [0.05, 0.1) is 13.2 Å². The first-order chi connectivity index (χ1) is 8.84. The second-order valence-electron chi connectivity index (χ2n) is 4.90. The van der Waals surface area contributed by atoms with Gasteiger partial charge in [-0.3, -0.25) is 4.99 Å². The topological polar surface area (TPSA) is 50.8 Å². The zero-order valence-corrected chi connectivity index (χ0v) is 13.2. The molecule has 0 radical (unpaired) electrons. The van der Waals surface area contributed by atoms with Crippen molar-refractivity contribution in [1.82, 2.24) is 4.90 Å². The Bertz CT molecular complexity index is 458. The quantitative estimate of drug-likeness (QED) is 0.487. The smallest absolute Gasteiger partial charge is 0.191 e. The number of fused-ring (bicyclic) bond motifs is 1. The lowest BCUT2D eigenvalue weighted by Gasteiger charge is -2.30. The fourth-order valence-electron chi connectivity index (χ4n) is 2.62. The summed E-state index contributed by atoms with van der Waals surface area (Å²) < 4.78 is 5.30. The molecule has 2 aliphatic rings. The van der Waals surface area contributed by atoms with Gasteiger partial charge in [0.1, 0.15) is 0 Å². The molecule has 0 bridgehead atoms. The molecule has 3 rings (SSSR count). The third kappa shape index (κ3) is 3.20. The predicted octanol–water partition coefficient (Wildman–Crippen LogP) is 1.59. The van der Waals surface area contributed by atoms with Crippen LogP contribution in [0.25, 0.3) is 0 Å². The van der Waals surface area contributed by atoms with Crippen molar-refractivity contribution in [2.45, 2.75) is 12.3 Å². The zero-order chi connectivity index (χ0) is 12.4. The number of guanidine groups is 1. The average Bonchev–Trinajstić information content (AvgIpc) is 2.40. The van der Waals surface area contributed by atoms with E-state index in [0.717, 1.165) is 39.3 Å². The van der Waals surface area contributed by atoms with Crippen molar-refractivity contribution >= 4 is 29.9 Å². The first-order valence-electron chi connectivity index (χ1n) is 6.55. The van der Waals surface area contributed by atoms with Crippen LogP contribution in [0.5, 0.6) is 0 Å². The molecule has 104 valence electrons. The predicted molar refractivity (Wildman–Crippen MR) is 87.2 cm³/mol. The highest BCUT2D eigenvalue weighted by molar-refractivity contribution is 14.0. The molecule has 1 unspecified atom stereocenters. The molecule has 2 N–H and O–H groups in total. The summed E-state index contributed by atoms with van der Waals surface area (Å²) in [7, 11) is 0. The number of morpholine rings is 1. The molecule has 0 aromatic heterocycles. The van der Waals surface area contributed by atoms with E-state index in [9.17, 15) is 0 Å². The molecular weight excluding hydrogens is 353 g/mol. The van der Waals surface area contributed by atoms with E-state index < -0.39 is 0 Å². The van der Waals surface area contributed by atoms with Crippen LogP contribution in [0.2, 0.25) is 0 Å². The van der Waals surface area contributed by atoms with Gasteiger partial charge in [0.2, 0.25) is 0 Å². The van der Waals surface area contributed by atoms with Gasteiger partial charge in [-0.25, -0.2) is 0 Å². The van der Waals surface area contributed by atoms with E-state index in [-0.39, 0.29) is 24.0 Å². The summed E-state index contributed by atoms with van der Waals surface area (Å²) in [6.07, 6.45) is 1.13. The van der Waals surface area contributed by atoms with Crippen LogP contribution in [0.1, 0.15) is 17.0 Å². The number of rotatable bonds is 2. The van der Waals surface area contributed by atoms with Crippen molar-refractivity contribution in [1.29, 1.82) is 0 Å². The second kappa shape index (κ2) is 6.56. The van der Waals surface area contributed by atoms with Crippen LogP contribution in [0.4, 0.5) is 0 Å². The van der Waals surface area contributed by atoms with Crippen molar-refractivity contribution in [3.63, 3.8) is 0 Å². The molecule has 1 aromatic rings. The fourth-order valence-corrected chi connectivity index (χ4v) is 2.62. The maximum Gasteiger partial charge on any atom is 0.191 e. The van der Waals surface area contributed by atoms with E-state index >= 15 is 0 Å². The van der Waals surface area contributed by atoms with Gasteiger partial charge in [-0.05, 0) is 17.5 Å². The number of hydrogen-bond acceptors (Lipinski definition) is 2. The Balaban J connectivity index is 0.00000133. The minimum absolute atomic E-state index is 0. The normalized spacial score (nSPS) is 22.2. The second-order valence-corrected chi connectivity index (χ2v) is 4.90. The van der Waals surface area contributed by atoms with Crippen LogP contribution in [0.3, 0.4) is 0 Å². The van der Waals surface area contributed by atoms with E-state index in [1.54, 1.807) is 0 Å². The molecule has 1 saturated heterocycles. The molecule has 1 aromatic carbocycles. The lowest BCUT2D eigenvalue weighted by atomic mass is 9.78. The van der Waals surface area contributed by atoms with Crippen molar-refractivity contribution in [3.8, 4) is 0 Å². The summed E-state index contributed by atoms with van der Waals surface area (Å²) in [4.78, 5) is 6.64. The summed E-state index contributed by atoms with van der Waals surface area (Å²) >= 11 is 0. The van der Waals surface area contributed by atoms with E-state index in [2.05, 4.69) is 34.2 Å². The fraction of sp³-hybridized carbons (Fsp3) is 0.500. The molecule has 0 amide bonds. The van der Waals surface area contributed by atoms with Gasteiger partial charge in [0.25, 0.3) is 0 Å². The van der Waals surface area contributed by atoms with Crippen molar-refractivity contribution < 1.29 is 4.74 Å². The molecule has 4 nitrogen and oxygen atoms in total. The Morgan fingerprint density at radius 3 is 2.79 bits per heavy atom. The average molecular weight is 373 g/mol. The van der Waals surface area contributed by atoms with E-state index in [0.29, 0.717) is 11.9 Å². The lowest BCUT2D eigenvalue weighted by Crippen LogP contribution is -2.45.